The number of carbonyl (C=O) groups is 2. The van der Waals surface area contributed by atoms with E-state index in [2.05, 4.69) is 4.98 Å². The summed E-state index contributed by atoms with van der Waals surface area (Å²) >= 11 is 0. The topological polar surface area (TPSA) is 87.0 Å². The van der Waals surface area contributed by atoms with Crippen molar-refractivity contribution < 1.29 is 28.7 Å². The molecular weight excluding hydrogens is 401 g/mol. The number of likely N-dealkylation sites (tertiary alicyclic amines) is 1. The van der Waals surface area contributed by atoms with Crippen LogP contribution >= 0.6 is 0 Å². The van der Waals surface area contributed by atoms with Crippen LogP contribution in [-0.4, -0.2) is 61.0 Å². The van der Waals surface area contributed by atoms with Crippen molar-refractivity contribution in [3.63, 3.8) is 0 Å². The number of carbonyl (C=O) groups excluding carboxylic acids is 2. The van der Waals surface area contributed by atoms with E-state index in [4.69, 9.17) is 4.74 Å². The van der Waals surface area contributed by atoms with E-state index < -0.39 is 29.3 Å². The Morgan fingerprint density at radius 2 is 1.94 bits per heavy atom. The Morgan fingerprint density at radius 1 is 1.19 bits per heavy atom. The van der Waals surface area contributed by atoms with Gasteiger partial charge in [0.25, 0.3) is 5.91 Å². The second-order valence-electron chi connectivity index (χ2n) is 7.73. The van der Waals surface area contributed by atoms with Crippen molar-refractivity contribution in [3.8, 4) is 0 Å². The van der Waals surface area contributed by atoms with E-state index in [1.807, 2.05) is 0 Å². The number of pyridine rings is 1. The lowest BCUT2D eigenvalue weighted by Crippen LogP contribution is -3.14. The number of ether oxygens (including phenoxy) is 1. The molecule has 0 radical (unpaired) electrons. The molecule has 2 fully saturated rings. The van der Waals surface area contributed by atoms with Crippen molar-refractivity contribution in [2.45, 2.75) is 12.5 Å². The van der Waals surface area contributed by atoms with Gasteiger partial charge in [0.2, 0.25) is 5.78 Å². The minimum atomic E-state index is -0.804. The maximum Gasteiger partial charge on any atom is 0.295 e. The van der Waals surface area contributed by atoms with Crippen molar-refractivity contribution >= 4 is 17.4 Å². The number of aromatic nitrogens is 1. The van der Waals surface area contributed by atoms with Crippen LogP contribution in [0, 0.1) is 5.82 Å². The Labute approximate surface area is 179 Å². The maximum absolute atomic E-state index is 13.3. The maximum atomic E-state index is 13.3. The number of hydrogen-bond acceptors (Lipinski definition) is 5. The van der Waals surface area contributed by atoms with E-state index in [-0.39, 0.29) is 11.1 Å². The number of rotatable bonds is 6. The molecule has 1 aromatic carbocycles. The van der Waals surface area contributed by atoms with Gasteiger partial charge >= 0.3 is 0 Å². The first-order valence-electron chi connectivity index (χ1n) is 10.4. The van der Waals surface area contributed by atoms with Gasteiger partial charge in [-0.25, -0.2) is 4.39 Å². The molecule has 8 heteroatoms. The minimum absolute atomic E-state index is 0.108. The van der Waals surface area contributed by atoms with Crippen LogP contribution in [-0.2, 0) is 14.3 Å². The van der Waals surface area contributed by atoms with E-state index >= 15 is 0 Å². The molecule has 0 saturated carbocycles. The van der Waals surface area contributed by atoms with E-state index in [0.717, 1.165) is 45.0 Å². The molecule has 2 saturated heterocycles. The van der Waals surface area contributed by atoms with Crippen LogP contribution in [0.25, 0.3) is 5.76 Å². The van der Waals surface area contributed by atoms with Crippen molar-refractivity contribution in [1.82, 2.24) is 9.88 Å². The number of benzene rings is 1. The molecule has 2 aromatic rings. The molecule has 162 valence electrons. The third kappa shape index (κ3) is 4.50. The lowest BCUT2D eigenvalue weighted by atomic mass is 9.96. The second kappa shape index (κ2) is 9.36. The predicted molar refractivity (Wildman–Crippen MR) is 108 cm³/mol. The van der Waals surface area contributed by atoms with Gasteiger partial charge < -0.3 is 19.6 Å². The van der Waals surface area contributed by atoms with Crippen LogP contribution in [0.4, 0.5) is 4.39 Å². The molecule has 4 rings (SSSR count). The number of quaternary nitrogens is 1. The molecule has 1 atom stereocenters. The lowest BCUT2D eigenvalue weighted by molar-refractivity contribution is -0.908. The van der Waals surface area contributed by atoms with Crippen molar-refractivity contribution in [1.29, 1.82) is 0 Å². The second-order valence-corrected chi connectivity index (χ2v) is 7.73. The highest BCUT2D eigenvalue weighted by atomic mass is 19.1. The largest absolute Gasteiger partial charge is 0.872 e. The summed E-state index contributed by atoms with van der Waals surface area (Å²) in [6.45, 7) is 4.48. The van der Waals surface area contributed by atoms with Gasteiger partial charge in [0.15, 0.2) is 0 Å². The number of nitrogens with one attached hydrogen (secondary N) is 1. The van der Waals surface area contributed by atoms with E-state index in [0.29, 0.717) is 18.5 Å². The third-order valence-corrected chi connectivity index (χ3v) is 5.77. The quantitative estimate of drug-likeness (QED) is 0.392. The van der Waals surface area contributed by atoms with Gasteiger partial charge in [0, 0.05) is 30.9 Å². The molecule has 1 N–H and O–H groups in total. The van der Waals surface area contributed by atoms with Crippen LogP contribution < -0.4 is 10.0 Å². The standard InChI is InChI=1S/C23H24FN3O4/c24-18-6-4-16(5-7-18)21(28)19-20(17-3-1-8-25-15-17)27(23(30)22(19)29)10-2-9-26-11-13-31-14-12-26/h1,3-8,15,20,28H,2,9-14H2/b21-19+. The van der Waals surface area contributed by atoms with Gasteiger partial charge in [-0.1, -0.05) is 24.0 Å². The van der Waals surface area contributed by atoms with Crippen LogP contribution in [0.5, 0.6) is 0 Å². The summed E-state index contributed by atoms with van der Waals surface area (Å²) in [4.78, 5) is 32.7. The summed E-state index contributed by atoms with van der Waals surface area (Å²) in [6, 6.07) is 7.64. The molecule has 0 bridgehead atoms. The average Bonchev–Trinajstić information content (AvgIpc) is 3.05. The molecule has 31 heavy (non-hydrogen) atoms. The fourth-order valence-corrected chi connectivity index (χ4v) is 4.15. The monoisotopic (exact) mass is 425 g/mol. The first-order chi connectivity index (χ1) is 15.1. The molecule has 3 heterocycles. The first-order valence-corrected chi connectivity index (χ1v) is 10.4. The molecule has 0 aliphatic carbocycles. The Hall–Kier alpha value is -3.10. The van der Waals surface area contributed by atoms with Crippen molar-refractivity contribution in [2.24, 2.45) is 0 Å². The van der Waals surface area contributed by atoms with Crippen LogP contribution in [0.15, 0.2) is 54.4 Å². The Balaban J connectivity index is 1.64. The molecule has 1 unspecified atom stereocenters. The number of nitrogens with zero attached hydrogens (tertiary/aromatic N) is 2. The zero-order valence-electron chi connectivity index (χ0n) is 17.1. The SMILES string of the molecule is O=C1C(=O)N(CCC[NH+]2CCOCC2)C(c2cccnc2)/C1=C(\[O-])c1ccc(F)cc1. The minimum Gasteiger partial charge on any atom is -0.872 e. The Kier molecular flexibility index (Phi) is 6.39. The summed E-state index contributed by atoms with van der Waals surface area (Å²) in [6.07, 6.45) is 3.85. The van der Waals surface area contributed by atoms with Gasteiger partial charge in [0.05, 0.1) is 25.8 Å². The third-order valence-electron chi connectivity index (χ3n) is 5.77. The summed E-state index contributed by atoms with van der Waals surface area (Å²) in [5, 5.41) is 13.2. The highest BCUT2D eigenvalue weighted by Gasteiger charge is 2.44. The Bertz CT molecular complexity index is 972. The van der Waals surface area contributed by atoms with Gasteiger partial charge in [0.1, 0.15) is 18.9 Å². The van der Waals surface area contributed by atoms with Crippen molar-refractivity contribution in [2.75, 3.05) is 39.4 Å². The molecule has 0 spiro atoms. The molecule has 1 aromatic heterocycles. The van der Waals surface area contributed by atoms with Crippen molar-refractivity contribution in [3.05, 3.63) is 71.3 Å². The zero-order valence-corrected chi connectivity index (χ0v) is 17.1. The smallest absolute Gasteiger partial charge is 0.295 e. The van der Waals surface area contributed by atoms with Gasteiger partial charge in [-0.2, -0.15) is 0 Å². The summed E-state index contributed by atoms with van der Waals surface area (Å²) in [5.41, 5.74) is 0.667. The number of hydrogen-bond donors (Lipinski definition) is 1. The predicted octanol–water partition coefficient (Wildman–Crippen LogP) is -0.250. The molecule has 2 aliphatic heterocycles. The fourth-order valence-electron chi connectivity index (χ4n) is 4.15. The number of morpholine rings is 1. The number of amides is 1. The van der Waals surface area contributed by atoms with Gasteiger partial charge in [-0.3, -0.25) is 14.6 Å². The highest BCUT2D eigenvalue weighted by Crippen LogP contribution is 2.38. The van der Waals surface area contributed by atoms with Crippen LogP contribution in [0.1, 0.15) is 23.6 Å². The van der Waals surface area contributed by atoms with Crippen LogP contribution in [0.2, 0.25) is 0 Å². The molecule has 7 nitrogen and oxygen atoms in total. The van der Waals surface area contributed by atoms with Gasteiger partial charge in [-0.05, 0) is 29.3 Å². The molecule has 1 amide bonds. The average molecular weight is 425 g/mol. The van der Waals surface area contributed by atoms with E-state index in [9.17, 15) is 19.1 Å². The van der Waals surface area contributed by atoms with Crippen LogP contribution in [0.3, 0.4) is 0 Å². The highest BCUT2D eigenvalue weighted by molar-refractivity contribution is 6.46. The summed E-state index contributed by atoms with van der Waals surface area (Å²) in [7, 11) is 0. The van der Waals surface area contributed by atoms with E-state index in [1.165, 1.54) is 21.9 Å². The first kappa shape index (κ1) is 21.1. The fraction of sp³-hybridized carbons (Fsp3) is 0.348. The number of Topliss-reactive ketones (excluding diaryl/α,β-unsaturated/α-hetero) is 1. The van der Waals surface area contributed by atoms with E-state index in [1.54, 1.807) is 24.5 Å². The number of halogens is 1. The lowest BCUT2D eigenvalue weighted by Gasteiger charge is -2.28. The summed E-state index contributed by atoms with van der Waals surface area (Å²) < 4.78 is 18.7. The van der Waals surface area contributed by atoms with Gasteiger partial charge in [-0.15, -0.1) is 0 Å². The molecular formula is C23H24FN3O4. The zero-order chi connectivity index (χ0) is 21.8. The number of ketones is 1. The normalized spacial score (nSPS) is 21.6. The summed E-state index contributed by atoms with van der Waals surface area (Å²) in [5.74, 6) is -2.53. The molecule has 2 aliphatic rings. The Morgan fingerprint density at radius 3 is 2.61 bits per heavy atom.